The first kappa shape index (κ1) is 19.4. The van der Waals surface area contributed by atoms with E-state index in [2.05, 4.69) is 0 Å². The van der Waals surface area contributed by atoms with E-state index in [4.69, 9.17) is 9.47 Å². The maximum absolute atomic E-state index is 14.3. The summed E-state index contributed by atoms with van der Waals surface area (Å²) in [5.74, 6) is -1.91. The average molecular weight is 403 g/mol. The second-order valence-electron chi connectivity index (χ2n) is 5.62. The Labute approximate surface area is 162 Å². The molecule has 3 aromatic rings. The molecule has 0 fully saturated rings. The number of rotatable bonds is 6. The van der Waals surface area contributed by atoms with Gasteiger partial charge in [-0.15, -0.1) is 11.3 Å². The minimum atomic E-state index is -0.750. The van der Waals surface area contributed by atoms with E-state index in [9.17, 15) is 24.1 Å². The molecule has 0 aliphatic rings. The fraction of sp³-hybridized carbons (Fsp3) is 0.158. The molecule has 1 aromatic heterocycles. The molecule has 3 rings (SSSR count). The van der Waals surface area contributed by atoms with E-state index in [1.54, 1.807) is 13.0 Å². The highest BCUT2D eigenvalue weighted by atomic mass is 32.1. The van der Waals surface area contributed by atoms with Crippen molar-refractivity contribution in [2.24, 2.45) is 0 Å². The summed E-state index contributed by atoms with van der Waals surface area (Å²) < 4.78 is 25.1. The van der Waals surface area contributed by atoms with Gasteiger partial charge in [-0.05, 0) is 31.2 Å². The maximum Gasteiger partial charge on any atom is 0.348 e. The lowest BCUT2D eigenvalue weighted by Crippen LogP contribution is -2.09. The van der Waals surface area contributed by atoms with Gasteiger partial charge in [0.15, 0.2) is 0 Å². The van der Waals surface area contributed by atoms with Gasteiger partial charge in [0.25, 0.3) is 5.69 Å². The van der Waals surface area contributed by atoms with Crippen LogP contribution >= 0.6 is 11.3 Å². The first-order valence-electron chi connectivity index (χ1n) is 8.21. The van der Waals surface area contributed by atoms with Crippen LogP contribution in [-0.4, -0.2) is 23.5 Å². The monoisotopic (exact) mass is 403 g/mol. The van der Waals surface area contributed by atoms with Crippen molar-refractivity contribution >= 4 is 39.0 Å². The summed E-state index contributed by atoms with van der Waals surface area (Å²) in [6.07, 6.45) is 0. The predicted molar refractivity (Wildman–Crippen MR) is 100.0 cm³/mol. The van der Waals surface area contributed by atoms with Crippen molar-refractivity contribution in [1.82, 2.24) is 0 Å². The van der Waals surface area contributed by atoms with Crippen LogP contribution in [0, 0.1) is 15.9 Å². The van der Waals surface area contributed by atoms with Crippen molar-refractivity contribution in [2.45, 2.75) is 13.5 Å². The molecule has 0 saturated heterocycles. The van der Waals surface area contributed by atoms with Gasteiger partial charge in [0.05, 0.1) is 17.1 Å². The van der Waals surface area contributed by atoms with E-state index in [-0.39, 0.29) is 40.3 Å². The molecule has 0 amide bonds. The van der Waals surface area contributed by atoms with E-state index >= 15 is 0 Å². The number of halogens is 1. The highest BCUT2D eigenvalue weighted by Crippen LogP contribution is 2.34. The zero-order valence-electron chi connectivity index (χ0n) is 14.6. The van der Waals surface area contributed by atoms with Crippen molar-refractivity contribution in [3.05, 3.63) is 74.4 Å². The molecule has 0 radical (unpaired) electrons. The van der Waals surface area contributed by atoms with Gasteiger partial charge >= 0.3 is 11.9 Å². The summed E-state index contributed by atoms with van der Waals surface area (Å²) in [5, 5.41) is 10.9. The van der Waals surface area contributed by atoms with Gasteiger partial charge in [0.2, 0.25) is 0 Å². The van der Waals surface area contributed by atoms with Gasteiger partial charge in [-0.3, -0.25) is 10.1 Å². The highest BCUT2D eigenvalue weighted by Gasteiger charge is 2.23. The summed E-state index contributed by atoms with van der Waals surface area (Å²) in [4.78, 5) is 34.7. The molecule has 7 nitrogen and oxygen atoms in total. The Hall–Kier alpha value is -3.33. The second kappa shape index (κ2) is 8.13. The van der Waals surface area contributed by atoms with Gasteiger partial charge in [-0.25, -0.2) is 14.0 Å². The molecule has 0 saturated carbocycles. The Morgan fingerprint density at radius 1 is 1.11 bits per heavy atom. The number of carbonyl (C=O) groups is 2. The number of thiophene rings is 1. The molecule has 0 N–H and O–H groups in total. The van der Waals surface area contributed by atoms with E-state index in [0.29, 0.717) is 4.70 Å². The molecule has 0 spiro atoms. The van der Waals surface area contributed by atoms with Crippen LogP contribution in [0.25, 0.3) is 10.1 Å². The molecule has 144 valence electrons. The van der Waals surface area contributed by atoms with E-state index in [0.717, 1.165) is 11.3 Å². The Morgan fingerprint density at radius 3 is 2.46 bits per heavy atom. The van der Waals surface area contributed by atoms with Gasteiger partial charge in [-0.2, -0.15) is 0 Å². The SMILES string of the molecule is CCOC(=O)c1sc2cccc(F)c2c1COC(=O)c1ccc([N+](=O)[O-])cc1. The molecule has 0 atom stereocenters. The Bertz CT molecular complexity index is 1060. The molecule has 0 bridgehead atoms. The summed E-state index contributed by atoms with van der Waals surface area (Å²) in [7, 11) is 0. The van der Waals surface area contributed by atoms with Crippen LogP contribution in [0.2, 0.25) is 0 Å². The summed E-state index contributed by atoms with van der Waals surface area (Å²) in [5.41, 5.74) is 0.169. The average Bonchev–Trinajstić information content (AvgIpc) is 3.06. The first-order valence-corrected chi connectivity index (χ1v) is 9.02. The molecule has 1 heterocycles. The number of benzene rings is 2. The number of non-ortho nitro benzene ring substituents is 1. The molecule has 9 heteroatoms. The van der Waals surface area contributed by atoms with Crippen LogP contribution in [0.4, 0.5) is 10.1 Å². The summed E-state index contributed by atoms with van der Waals surface area (Å²) in [6, 6.07) is 9.33. The fourth-order valence-corrected chi connectivity index (χ4v) is 3.72. The van der Waals surface area contributed by atoms with Crippen LogP contribution in [0.1, 0.15) is 32.5 Å². The smallest absolute Gasteiger partial charge is 0.348 e. The zero-order valence-corrected chi connectivity index (χ0v) is 15.5. The topological polar surface area (TPSA) is 95.7 Å². The van der Waals surface area contributed by atoms with Crippen molar-refractivity contribution in [3.8, 4) is 0 Å². The first-order chi connectivity index (χ1) is 13.4. The lowest BCUT2D eigenvalue weighted by atomic mass is 10.1. The number of hydrogen-bond donors (Lipinski definition) is 0. The third-order valence-corrected chi connectivity index (χ3v) is 5.06. The Kier molecular flexibility index (Phi) is 5.65. The largest absolute Gasteiger partial charge is 0.462 e. The van der Waals surface area contributed by atoms with Crippen molar-refractivity contribution in [3.63, 3.8) is 0 Å². The molecular weight excluding hydrogens is 389 g/mol. The number of esters is 2. The number of nitrogens with zero attached hydrogens (tertiary/aromatic N) is 1. The minimum absolute atomic E-state index is 0.100. The van der Waals surface area contributed by atoms with Crippen LogP contribution in [0.3, 0.4) is 0 Å². The third kappa shape index (κ3) is 3.84. The van der Waals surface area contributed by atoms with E-state index in [1.807, 2.05) is 0 Å². The summed E-state index contributed by atoms with van der Waals surface area (Å²) >= 11 is 1.06. The molecule has 28 heavy (non-hydrogen) atoms. The molecular formula is C19H14FNO6S. The molecule has 2 aromatic carbocycles. The van der Waals surface area contributed by atoms with Crippen LogP contribution in [0.5, 0.6) is 0 Å². The third-order valence-electron chi connectivity index (χ3n) is 3.89. The Morgan fingerprint density at radius 2 is 1.82 bits per heavy atom. The predicted octanol–water partition coefficient (Wildman–Crippen LogP) is 4.48. The van der Waals surface area contributed by atoms with Crippen LogP contribution in [-0.2, 0) is 16.1 Å². The highest BCUT2D eigenvalue weighted by molar-refractivity contribution is 7.21. The zero-order chi connectivity index (χ0) is 20.3. The van der Waals surface area contributed by atoms with Crippen molar-refractivity contribution in [2.75, 3.05) is 6.61 Å². The van der Waals surface area contributed by atoms with Gasteiger partial charge < -0.3 is 9.47 Å². The number of nitro groups is 1. The Balaban J connectivity index is 1.88. The lowest BCUT2D eigenvalue weighted by Gasteiger charge is -2.07. The summed E-state index contributed by atoms with van der Waals surface area (Å²) in [6.45, 7) is 1.46. The van der Waals surface area contributed by atoms with E-state index < -0.39 is 22.7 Å². The number of fused-ring (bicyclic) bond motifs is 1. The second-order valence-corrected chi connectivity index (χ2v) is 6.68. The number of hydrogen-bond acceptors (Lipinski definition) is 7. The van der Waals surface area contributed by atoms with Crippen LogP contribution < -0.4 is 0 Å². The van der Waals surface area contributed by atoms with E-state index in [1.165, 1.54) is 36.4 Å². The number of nitro benzene ring substituents is 1. The number of ether oxygens (including phenoxy) is 2. The van der Waals surface area contributed by atoms with Gasteiger partial charge in [0.1, 0.15) is 17.3 Å². The molecule has 0 aliphatic heterocycles. The quantitative estimate of drug-likeness (QED) is 0.342. The fourth-order valence-electron chi connectivity index (χ4n) is 2.61. The van der Waals surface area contributed by atoms with Crippen molar-refractivity contribution < 1.29 is 28.4 Å². The van der Waals surface area contributed by atoms with Gasteiger partial charge in [-0.1, -0.05) is 6.07 Å². The van der Waals surface area contributed by atoms with Crippen LogP contribution in [0.15, 0.2) is 42.5 Å². The lowest BCUT2D eigenvalue weighted by molar-refractivity contribution is -0.384. The maximum atomic E-state index is 14.3. The standard InChI is InChI=1S/C19H14FNO6S/c1-2-26-19(23)17-13(16-14(20)4-3-5-15(16)28-17)10-27-18(22)11-6-8-12(9-7-11)21(24)25/h3-9H,2,10H2,1H3. The normalized spacial score (nSPS) is 10.6. The van der Waals surface area contributed by atoms with Crippen molar-refractivity contribution in [1.29, 1.82) is 0 Å². The molecule has 0 aliphatic carbocycles. The molecule has 0 unspecified atom stereocenters. The van der Waals surface area contributed by atoms with Gasteiger partial charge in [0, 0.05) is 27.8 Å². The minimum Gasteiger partial charge on any atom is -0.462 e. The number of carbonyl (C=O) groups excluding carboxylic acids is 2.